The normalized spacial score (nSPS) is 11.3. The smallest absolute Gasteiger partial charge is 0.340 e. The summed E-state index contributed by atoms with van der Waals surface area (Å²) in [5, 5.41) is 8.68. The molecule has 0 unspecified atom stereocenters. The molecule has 0 aliphatic rings. The summed E-state index contributed by atoms with van der Waals surface area (Å²) in [6, 6.07) is 1.90. The zero-order chi connectivity index (χ0) is 15.7. The van der Waals surface area contributed by atoms with Crippen LogP contribution in [0.1, 0.15) is 42.0 Å². The quantitative estimate of drug-likeness (QED) is 0.680. The van der Waals surface area contributed by atoms with Crippen LogP contribution in [0.25, 0.3) is 11.0 Å². The van der Waals surface area contributed by atoms with Crippen molar-refractivity contribution >= 4 is 17.0 Å². The van der Waals surface area contributed by atoms with Gasteiger partial charge in [-0.3, -0.25) is 0 Å². The van der Waals surface area contributed by atoms with E-state index >= 15 is 0 Å². The van der Waals surface area contributed by atoms with Crippen LogP contribution >= 0.6 is 0 Å². The first kappa shape index (κ1) is 14.2. The van der Waals surface area contributed by atoms with Gasteiger partial charge in [0.1, 0.15) is 0 Å². The van der Waals surface area contributed by atoms with Gasteiger partial charge < -0.3 is 9.26 Å². The van der Waals surface area contributed by atoms with Crippen LogP contribution in [0.5, 0.6) is 0 Å². The van der Waals surface area contributed by atoms with Gasteiger partial charge in [-0.15, -0.1) is 0 Å². The van der Waals surface area contributed by atoms with Gasteiger partial charge in [0.2, 0.25) is 0 Å². The highest BCUT2D eigenvalue weighted by atomic mass is 16.6. The highest BCUT2D eigenvalue weighted by molar-refractivity contribution is 5.92. The molecule has 0 aliphatic carbocycles. The Bertz CT molecular complexity index is 821. The fourth-order valence-electron chi connectivity index (χ4n) is 2.04. The van der Waals surface area contributed by atoms with Crippen LogP contribution in [0.2, 0.25) is 0 Å². The first-order valence-corrected chi connectivity index (χ1v) is 6.84. The third-order valence-corrected chi connectivity index (χ3v) is 3.05. The summed E-state index contributed by atoms with van der Waals surface area (Å²) in [5.41, 5.74) is 1.09. The molecule has 0 N–H and O–H groups in total. The number of esters is 1. The first-order chi connectivity index (χ1) is 10.5. The number of rotatable bonds is 4. The van der Waals surface area contributed by atoms with Gasteiger partial charge in [0.05, 0.1) is 11.8 Å². The van der Waals surface area contributed by atoms with Crippen molar-refractivity contribution in [1.82, 2.24) is 24.9 Å². The van der Waals surface area contributed by atoms with Crippen molar-refractivity contribution in [2.24, 2.45) is 0 Å². The van der Waals surface area contributed by atoms with E-state index in [4.69, 9.17) is 9.26 Å². The lowest BCUT2D eigenvalue weighted by Crippen LogP contribution is -2.07. The van der Waals surface area contributed by atoms with Crippen molar-refractivity contribution in [1.29, 1.82) is 0 Å². The lowest BCUT2D eigenvalue weighted by atomic mass is 10.2. The summed E-state index contributed by atoms with van der Waals surface area (Å²) < 4.78 is 11.8. The maximum Gasteiger partial charge on any atom is 0.340 e. The van der Waals surface area contributed by atoms with E-state index in [0.717, 1.165) is 11.0 Å². The molecule has 0 aromatic carbocycles. The summed E-state index contributed by atoms with van der Waals surface area (Å²) in [4.78, 5) is 20.3. The number of nitrogens with zero attached hydrogens (tertiary/aromatic N) is 5. The van der Waals surface area contributed by atoms with Crippen molar-refractivity contribution < 1.29 is 14.1 Å². The Morgan fingerprint density at radius 1 is 1.41 bits per heavy atom. The summed E-state index contributed by atoms with van der Waals surface area (Å²) in [5.74, 6) is 0.255. The lowest BCUT2D eigenvalue weighted by Gasteiger charge is -2.06. The molecule has 8 nitrogen and oxygen atoms in total. The third kappa shape index (κ3) is 2.67. The Morgan fingerprint density at radius 3 is 2.91 bits per heavy atom. The number of fused-ring (bicyclic) bond motifs is 1. The number of hydrogen-bond donors (Lipinski definition) is 0. The summed E-state index contributed by atoms with van der Waals surface area (Å²) in [7, 11) is 0. The van der Waals surface area contributed by atoms with Gasteiger partial charge in [-0.1, -0.05) is 5.16 Å². The maximum atomic E-state index is 12.0. The second-order valence-corrected chi connectivity index (χ2v) is 5.13. The molecule has 3 aromatic heterocycles. The minimum atomic E-state index is -0.498. The SMILES string of the molecule is Cc1noc(COC(=O)c2cnc3c(cnn3C(C)C)c2)n1. The molecule has 0 saturated heterocycles. The fraction of sp³-hybridized carbons (Fsp3) is 0.357. The Morgan fingerprint density at radius 2 is 2.23 bits per heavy atom. The molecule has 0 spiro atoms. The van der Waals surface area contributed by atoms with Gasteiger partial charge in [0.25, 0.3) is 5.89 Å². The average Bonchev–Trinajstić information content (AvgIpc) is 3.09. The molecule has 0 bridgehead atoms. The van der Waals surface area contributed by atoms with Gasteiger partial charge in [0, 0.05) is 17.6 Å². The molecule has 3 aromatic rings. The molecule has 0 aliphatic heterocycles. The Kier molecular flexibility index (Phi) is 3.58. The van der Waals surface area contributed by atoms with Gasteiger partial charge in [-0.05, 0) is 26.8 Å². The van der Waals surface area contributed by atoms with Crippen molar-refractivity contribution in [2.45, 2.75) is 33.4 Å². The fourth-order valence-corrected chi connectivity index (χ4v) is 2.04. The largest absolute Gasteiger partial charge is 0.452 e. The minimum Gasteiger partial charge on any atom is -0.452 e. The molecule has 22 heavy (non-hydrogen) atoms. The van der Waals surface area contributed by atoms with Crippen molar-refractivity contribution in [3.05, 3.63) is 35.7 Å². The number of aromatic nitrogens is 5. The van der Waals surface area contributed by atoms with E-state index in [9.17, 15) is 4.79 Å². The molecule has 0 fully saturated rings. The molecule has 0 amide bonds. The van der Waals surface area contributed by atoms with Crippen molar-refractivity contribution in [3.8, 4) is 0 Å². The molecule has 0 atom stereocenters. The Hall–Kier alpha value is -2.77. The molecule has 114 valence electrons. The van der Waals surface area contributed by atoms with E-state index in [1.54, 1.807) is 23.9 Å². The van der Waals surface area contributed by atoms with Gasteiger partial charge in [-0.25, -0.2) is 14.5 Å². The molecule has 0 saturated carbocycles. The van der Waals surface area contributed by atoms with E-state index in [2.05, 4.69) is 20.2 Å². The van der Waals surface area contributed by atoms with E-state index < -0.39 is 5.97 Å². The molecular weight excluding hydrogens is 286 g/mol. The number of carbonyl (C=O) groups excluding carboxylic acids is 1. The number of aryl methyl sites for hydroxylation is 1. The number of carbonyl (C=O) groups is 1. The van der Waals surface area contributed by atoms with Crippen LogP contribution in [0.4, 0.5) is 0 Å². The first-order valence-electron chi connectivity index (χ1n) is 6.84. The molecular formula is C14H15N5O3. The van der Waals surface area contributed by atoms with E-state index in [0.29, 0.717) is 11.4 Å². The standard InChI is InChI=1S/C14H15N5O3/c1-8(2)19-13-10(6-16-19)4-11(5-15-13)14(20)21-7-12-17-9(3)18-22-12/h4-6,8H,7H2,1-3H3. The van der Waals surface area contributed by atoms with Crippen LogP contribution in [0.15, 0.2) is 23.0 Å². The molecule has 8 heteroatoms. The topological polar surface area (TPSA) is 95.9 Å². The number of hydrogen-bond acceptors (Lipinski definition) is 7. The van der Waals surface area contributed by atoms with Crippen LogP contribution in [-0.2, 0) is 11.3 Å². The van der Waals surface area contributed by atoms with Gasteiger partial charge in [-0.2, -0.15) is 10.1 Å². The molecule has 3 heterocycles. The predicted octanol–water partition coefficient (Wildman–Crippen LogP) is 2.06. The lowest BCUT2D eigenvalue weighted by molar-refractivity contribution is 0.0429. The van der Waals surface area contributed by atoms with Crippen LogP contribution in [0.3, 0.4) is 0 Å². The maximum absolute atomic E-state index is 12.0. The van der Waals surface area contributed by atoms with Crippen molar-refractivity contribution in [3.63, 3.8) is 0 Å². The zero-order valence-corrected chi connectivity index (χ0v) is 12.5. The minimum absolute atomic E-state index is 0.0665. The number of pyridine rings is 1. The van der Waals surface area contributed by atoms with Crippen LogP contribution in [-0.4, -0.2) is 30.9 Å². The average molecular weight is 301 g/mol. The zero-order valence-electron chi connectivity index (χ0n) is 12.5. The van der Waals surface area contributed by atoms with Crippen molar-refractivity contribution in [2.75, 3.05) is 0 Å². The van der Waals surface area contributed by atoms with Crippen LogP contribution in [0, 0.1) is 6.92 Å². The monoisotopic (exact) mass is 301 g/mol. The van der Waals surface area contributed by atoms with E-state index in [-0.39, 0.29) is 18.5 Å². The summed E-state index contributed by atoms with van der Waals surface area (Å²) in [6.45, 7) is 5.66. The van der Waals surface area contributed by atoms with E-state index in [1.165, 1.54) is 6.20 Å². The summed E-state index contributed by atoms with van der Waals surface area (Å²) >= 11 is 0. The summed E-state index contributed by atoms with van der Waals surface area (Å²) in [6.07, 6.45) is 3.16. The number of ether oxygens (including phenoxy) is 1. The molecule has 3 rings (SSSR count). The highest BCUT2D eigenvalue weighted by Crippen LogP contribution is 2.17. The second-order valence-electron chi connectivity index (χ2n) is 5.13. The van der Waals surface area contributed by atoms with Gasteiger partial charge >= 0.3 is 5.97 Å². The van der Waals surface area contributed by atoms with E-state index in [1.807, 2.05) is 13.8 Å². The molecule has 0 radical (unpaired) electrons. The van der Waals surface area contributed by atoms with Crippen LogP contribution < -0.4 is 0 Å². The second kappa shape index (κ2) is 5.55. The highest BCUT2D eigenvalue weighted by Gasteiger charge is 2.14. The third-order valence-electron chi connectivity index (χ3n) is 3.05. The Labute approximate surface area is 126 Å². The predicted molar refractivity (Wildman–Crippen MR) is 76.1 cm³/mol. The van der Waals surface area contributed by atoms with Gasteiger partial charge in [0.15, 0.2) is 18.1 Å². The Balaban J connectivity index is 1.76.